The first-order chi connectivity index (χ1) is 7.43. The third-order valence-corrected chi connectivity index (χ3v) is 3.80. The Morgan fingerprint density at radius 1 is 1.24 bits per heavy atom. The average Bonchev–Trinajstić information content (AvgIpc) is 2.23. The van der Waals surface area contributed by atoms with Crippen molar-refractivity contribution in [3.63, 3.8) is 0 Å². The van der Waals surface area contributed by atoms with Crippen molar-refractivity contribution in [1.82, 2.24) is 0 Å². The Hall–Kier alpha value is -0.880. The van der Waals surface area contributed by atoms with Gasteiger partial charge in [-0.05, 0) is 25.5 Å². The van der Waals surface area contributed by atoms with Crippen molar-refractivity contribution in [3.8, 4) is 0 Å². The minimum Gasteiger partial charge on any atom is -0.570 e. The maximum atomic E-state index is 11.8. The standard InChI is InChI=1S/C11H10NO3S.Ta/c1-7-9-5-3-4-6-10(9)16(14,15)12-11(7)8(2)13;/h3-6H,1-2H3;/q-1;. The molecule has 0 fully saturated rings. The summed E-state index contributed by atoms with van der Waals surface area (Å²) in [6.45, 7) is 3.01. The van der Waals surface area contributed by atoms with Gasteiger partial charge < -0.3 is 4.72 Å². The van der Waals surface area contributed by atoms with E-state index in [2.05, 4.69) is 4.72 Å². The van der Waals surface area contributed by atoms with Crippen molar-refractivity contribution in [2.24, 2.45) is 0 Å². The summed E-state index contributed by atoms with van der Waals surface area (Å²) in [5.74, 6) is -0.337. The summed E-state index contributed by atoms with van der Waals surface area (Å²) < 4.78 is 27.1. The summed E-state index contributed by atoms with van der Waals surface area (Å²) in [6, 6.07) is 6.55. The van der Waals surface area contributed by atoms with E-state index in [1.54, 1.807) is 25.1 Å². The second-order valence-corrected chi connectivity index (χ2v) is 5.16. The molecule has 89 valence electrons. The Bertz CT molecular complexity index is 605. The first-order valence-corrected chi connectivity index (χ1v) is 6.17. The number of rotatable bonds is 1. The molecule has 1 aliphatic heterocycles. The van der Waals surface area contributed by atoms with Crippen molar-refractivity contribution < 1.29 is 35.6 Å². The quantitative estimate of drug-likeness (QED) is 0.703. The van der Waals surface area contributed by atoms with Crippen molar-refractivity contribution in [2.45, 2.75) is 18.7 Å². The number of benzene rings is 1. The van der Waals surface area contributed by atoms with Crippen LogP contribution < -0.4 is 0 Å². The molecule has 0 N–H and O–H groups in total. The molecule has 1 aromatic rings. The van der Waals surface area contributed by atoms with E-state index in [1.165, 1.54) is 13.0 Å². The fraction of sp³-hybridized carbons (Fsp3) is 0.182. The minimum absolute atomic E-state index is 0. The second kappa shape index (κ2) is 4.78. The van der Waals surface area contributed by atoms with Gasteiger partial charge in [0, 0.05) is 22.4 Å². The number of fused-ring (bicyclic) bond motifs is 1. The topological polar surface area (TPSA) is 65.3 Å². The Balaban J connectivity index is 0.00000144. The van der Waals surface area contributed by atoms with Crippen LogP contribution in [0.1, 0.15) is 19.4 Å². The molecule has 4 nitrogen and oxygen atoms in total. The number of hydrogen-bond donors (Lipinski definition) is 0. The Morgan fingerprint density at radius 2 is 1.82 bits per heavy atom. The number of carbonyl (C=O) groups is 1. The van der Waals surface area contributed by atoms with Crippen LogP contribution in [0.5, 0.6) is 0 Å². The molecule has 1 aliphatic rings. The van der Waals surface area contributed by atoms with E-state index in [0.717, 1.165) is 0 Å². The molecule has 0 saturated carbocycles. The molecule has 1 aromatic carbocycles. The molecule has 1 radical (unpaired) electrons. The van der Waals surface area contributed by atoms with Gasteiger partial charge in [-0.15, -0.1) is 0 Å². The predicted octanol–water partition coefficient (Wildman–Crippen LogP) is 2.08. The molecule has 6 heteroatoms. The molecule has 2 rings (SSSR count). The molecular formula is C11H10NO3STa-. The summed E-state index contributed by atoms with van der Waals surface area (Å²) in [4.78, 5) is 11.5. The summed E-state index contributed by atoms with van der Waals surface area (Å²) in [5, 5.41) is 0. The molecule has 0 aromatic heterocycles. The number of hydrogen-bond acceptors (Lipinski definition) is 3. The number of ketones is 1. The Morgan fingerprint density at radius 3 is 2.41 bits per heavy atom. The molecular weight excluding hydrogens is 407 g/mol. The Kier molecular flexibility index (Phi) is 3.99. The van der Waals surface area contributed by atoms with Crippen molar-refractivity contribution in [1.29, 1.82) is 0 Å². The largest absolute Gasteiger partial charge is 0.570 e. The summed E-state index contributed by atoms with van der Waals surface area (Å²) in [5.41, 5.74) is 1.19. The summed E-state index contributed by atoms with van der Waals surface area (Å²) in [6.07, 6.45) is 0. The maximum Gasteiger partial charge on any atom is 0.138 e. The number of allylic oxidation sites excluding steroid dienone is 2. The van der Waals surface area contributed by atoms with E-state index in [4.69, 9.17) is 0 Å². The fourth-order valence-electron chi connectivity index (χ4n) is 1.70. The zero-order valence-electron chi connectivity index (χ0n) is 9.34. The van der Waals surface area contributed by atoms with Crippen LogP contribution in [0.25, 0.3) is 10.3 Å². The van der Waals surface area contributed by atoms with Gasteiger partial charge in [-0.1, -0.05) is 29.5 Å². The second-order valence-electron chi connectivity index (χ2n) is 3.59. The molecule has 0 saturated heterocycles. The van der Waals surface area contributed by atoms with E-state index < -0.39 is 10.0 Å². The molecule has 0 unspecified atom stereocenters. The predicted molar refractivity (Wildman–Crippen MR) is 60.3 cm³/mol. The van der Waals surface area contributed by atoms with Crippen molar-refractivity contribution in [2.75, 3.05) is 0 Å². The van der Waals surface area contributed by atoms with Gasteiger partial charge in [0.05, 0.1) is 4.90 Å². The number of Topliss-reactive ketones (excluding diaryl/α,β-unsaturated/α-hetero) is 1. The average molecular weight is 417 g/mol. The number of carbonyl (C=O) groups excluding carboxylic acids is 1. The fourth-order valence-corrected chi connectivity index (χ4v) is 3.05. The molecule has 0 amide bonds. The van der Waals surface area contributed by atoms with E-state index in [1.807, 2.05) is 0 Å². The first-order valence-electron chi connectivity index (χ1n) is 4.73. The van der Waals surface area contributed by atoms with E-state index >= 15 is 0 Å². The van der Waals surface area contributed by atoms with Gasteiger partial charge in [-0.25, -0.2) is 8.42 Å². The molecule has 0 spiro atoms. The van der Waals surface area contributed by atoms with Crippen molar-refractivity contribution >= 4 is 21.4 Å². The summed E-state index contributed by atoms with van der Waals surface area (Å²) in [7, 11) is -3.72. The first kappa shape index (κ1) is 14.2. The zero-order valence-corrected chi connectivity index (χ0v) is 13.4. The van der Waals surface area contributed by atoms with Crippen LogP contribution in [-0.2, 0) is 37.2 Å². The summed E-state index contributed by atoms with van der Waals surface area (Å²) >= 11 is 0. The Labute approximate surface area is 116 Å². The van der Waals surface area contributed by atoms with Crippen LogP contribution in [-0.4, -0.2) is 14.2 Å². The van der Waals surface area contributed by atoms with Gasteiger partial charge in [0.1, 0.15) is 15.8 Å². The third kappa shape index (κ3) is 2.37. The maximum absolute atomic E-state index is 11.8. The smallest absolute Gasteiger partial charge is 0.138 e. The normalized spacial score (nSPS) is 16.6. The van der Waals surface area contributed by atoms with Gasteiger partial charge in [0.2, 0.25) is 0 Å². The van der Waals surface area contributed by atoms with Crippen molar-refractivity contribution in [3.05, 3.63) is 40.2 Å². The van der Waals surface area contributed by atoms with Crippen LogP contribution in [0.2, 0.25) is 0 Å². The van der Waals surface area contributed by atoms with Crippen LogP contribution in [0.3, 0.4) is 0 Å². The number of nitrogens with zero attached hydrogens (tertiary/aromatic N) is 1. The molecule has 0 atom stereocenters. The van der Waals surface area contributed by atoms with E-state index in [0.29, 0.717) is 11.1 Å². The van der Waals surface area contributed by atoms with Crippen LogP contribution in [0.4, 0.5) is 0 Å². The van der Waals surface area contributed by atoms with E-state index in [-0.39, 0.29) is 38.8 Å². The zero-order chi connectivity index (χ0) is 11.9. The van der Waals surface area contributed by atoms with Gasteiger partial charge in [0.25, 0.3) is 0 Å². The minimum atomic E-state index is -3.72. The molecule has 1 heterocycles. The van der Waals surface area contributed by atoms with Gasteiger partial charge >= 0.3 is 0 Å². The molecule has 17 heavy (non-hydrogen) atoms. The van der Waals surface area contributed by atoms with Crippen LogP contribution in [0, 0.1) is 0 Å². The number of sulfonamides is 1. The monoisotopic (exact) mass is 417 g/mol. The third-order valence-electron chi connectivity index (χ3n) is 2.47. The van der Waals surface area contributed by atoms with Crippen LogP contribution in [0.15, 0.2) is 34.9 Å². The van der Waals surface area contributed by atoms with Gasteiger partial charge in [-0.2, -0.15) is 0 Å². The van der Waals surface area contributed by atoms with Crippen LogP contribution >= 0.6 is 0 Å². The SMILES string of the molecule is CC(=O)C1=C(C)c2ccccc2S(=O)(=O)[N-]1.[Ta]. The van der Waals surface area contributed by atoms with Gasteiger partial charge in [0.15, 0.2) is 0 Å². The molecule has 0 bridgehead atoms. The van der Waals surface area contributed by atoms with E-state index in [9.17, 15) is 13.2 Å². The van der Waals surface area contributed by atoms with Gasteiger partial charge in [-0.3, -0.25) is 4.79 Å². The molecule has 0 aliphatic carbocycles.